The molecule has 246 valence electrons. The van der Waals surface area contributed by atoms with E-state index in [0.29, 0.717) is 38.5 Å². The standard InChI is InChI=1S/C27H43N7O10/c1-27(2,31-20(37)12-29-21(38)15(28)13-35)26(44)34-11-5-8-19(34)24(41)33-10-4-7-18(33)23(40)32-9-3-6-17(32)22(39)30-16(14-36)25(42)43/h15-19,35-36H,3-14,28H2,1-2H3,(H,29,38)(H,30,39)(H,31,37)(H,42,43)/t15-,16-,17-,18-,19-/m0/s1. The molecule has 6 amide bonds. The van der Waals surface area contributed by atoms with Gasteiger partial charge in [-0.1, -0.05) is 0 Å². The molecular weight excluding hydrogens is 582 g/mol. The van der Waals surface area contributed by atoms with Gasteiger partial charge in [-0.15, -0.1) is 0 Å². The quantitative estimate of drug-likeness (QED) is 0.110. The molecule has 44 heavy (non-hydrogen) atoms. The number of carboxylic acids is 1. The Kier molecular flexibility index (Phi) is 11.6. The number of likely N-dealkylation sites (tertiary alicyclic amines) is 3. The summed E-state index contributed by atoms with van der Waals surface area (Å²) < 4.78 is 0. The summed E-state index contributed by atoms with van der Waals surface area (Å²) in [5.41, 5.74) is 3.97. The van der Waals surface area contributed by atoms with Gasteiger partial charge in [-0.2, -0.15) is 0 Å². The first kappa shape index (κ1) is 34.7. The smallest absolute Gasteiger partial charge is 0.328 e. The number of rotatable bonds is 12. The predicted octanol–water partition coefficient (Wildman–Crippen LogP) is -4.15. The van der Waals surface area contributed by atoms with Crippen molar-refractivity contribution in [3.05, 3.63) is 0 Å². The number of nitrogens with two attached hydrogens (primary N) is 1. The molecule has 3 aliphatic heterocycles. The van der Waals surface area contributed by atoms with Crippen LogP contribution in [0.4, 0.5) is 0 Å². The first-order valence-electron chi connectivity index (χ1n) is 14.7. The lowest BCUT2D eigenvalue weighted by Gasteiger charge is -2.36. The van der Waals surface area contributed by atoms with Crippen LogP contribution in [0.1, 0.15) is 52.4 Å². The van der Waals surface area contributed by atoms with E-state index in [1.165, 1.54) is 28.5 Å². The Morgan fingerprint density at radius 3 is 1.84 bits per heavy atom. The number of hydrogen-bond acceptors (Lipinski definition) is 10. The van der Waals surface area contributed by atoms with Gasteiger partial charge in [0.15, 0.2) is 0 Å². The maximum absolute atomic E-state index is 13.8. The summed E-state index contributed by atoms with van der Waals surface area (Å²) in [4.78, 5) is 93.5. The van der Waals surface area contributed by atoms with Crippen molar-refractivity contribution in [3.8, 4) is 0 Å². The molecule has 0 spiro atoms. The Labute approximate surface area is 254 Å². The van der Waals surface area contributed by atoms with Gasteiger partial charge in [-0.25, -0.2) is 4.79 Å². The summed E-state index contributed by atoms with van der Waals surface area (Å²) in [6.07, 6.45) is 2.58. The Bertz CT molecular complexity index is 1150. The molecular formula is C27H43N7O10. The van der Waals surface area contributed by atoms with Gasteiger partial charge in [0.25, 0.3) is 0 Å². The number of aliphatic carboxylic acids is 1. The molecule has 17 nitrogen and oxygen atoms in total. The second kappa shape index (κ2) is 14.8. The third-order valence-corrected chi connectivity index (χ3v) is 8.20. The van der Waals surface area contributed by atoms with Crippen LogP contribution in [0, 0.1) is 0 Å². The van der Waals surface area contributed by atoms with Crippen molar-refractivity contribution in [2.24, 2.45) is 5.73 Å². The lowest BCUT2D eigenvalue weighted by molar-refractivity contribution is -0.152. The van der Waals surface area contributed by atoms with Crippen LogP contribution in [-0.2, 0) is 33.6 Å². The minimum absolute atomic E-state index is 0.251. The van der Waals surface area contributed by atoms with E-state index in [0.717, 1.165) is 0 Å². The predicted molar refractivity (Wildman–Crippen MR) is 151 cm³/mol. The highest BCUT2D eigenvalue weighted by Crippen LogP contribution is 2.29. The minimum Gasteiger partial charge on any atom is -0.480 e. The van der Waals surface area contributed by atoms with Gasteiger partial charge in [0.1, 0.15) is 35.7 Å². The Morgan fingerprint density at radius 1 is 0.818 bits per heavy atom. The van der Waals surface area contributed by atoms with Crippen molar-refractivity contribution in [2.45, 2.75) is 88.1 Å². The molecule has 0 bridgehead atoms. The van der Waals surface area contributed by atoms with Crippen LogP contribution in [0.3, 0.4) is 0 Å². The fraction of sp³-hybridized carbons (Fsp3) is 0.741. The maximum Gasteiger partial charge on any atom is 0.328 e. The van der Waals surface area contributed by atoms with Gasteiger partial charge in [-0.05, 0) is 52.4 Å². The molecule has 0 unspecified atom stereocenters. The van der Waals surface area contributed by atoms with Crippen molar-refractivity contribution in [1.82, 2.24) is 30.7 Å². The van der Waals surface area contributed by atoms with E-state index < -0.39 is 96.9 Å². The van der Waals surface area contributed by atoms with E-state index >= 15 is 0 Å². The number of nitrogens with one attached hydrogen (secondary N) is 3. The first-order chi connectivity index (χ1) is 20.7. The molecule has 0 aromatic carbocycles. The number of carboxylic acid groups (broad SMARTS) is 1. The Balaban J connectivity index is 1.66. The van der Waals surface area contributed by atoms with Crippen molar-refractivity contribution in [1.29, 1.82) is 0 Å². The lowest BCUT2D eigenvalue weighted by Crippen LogP contribution is -2.61. The topological polar surface area (TPSA) is 252 Å². The van der Waals surface area contributed by atoms with Gasteiger partial charge >= 0.3 is 5.97 Å². The molecule has 3 fully saturated rings. The van der Waals surface area contributed by atoms with Crippen molar-refractivity contribution >= 4 is 41.4 Å². The Hall–Kier alpha value is -3.83. The van der Waals surface area contributed by atoms with Crippen LogP contribution in [0.2, 0.25) is 0 Å². The summed E-state index contributed by atoms with van der Waals surface area (Å²) in [5.74, 6) is -4.87. The van der Waals surface area contributed by atoms with Crippen LogP contribution in [0.5, 0.6) is 0 Å². The summed E-state index contributed by atoms with van der Waals surface area (Å²) in [6, 6.07) is -5.37. The highest BCUT2D eigenvalue weighted by molar-refractivity contribution is 5.98. The molecule has 3 rings (SSSR count). The fourth-order valence-electron chi connectivity index (χ4n) is 5.88. The highest BCUT2D eigenvalue weighted by atomic mass is 16.4. The normalized spacial score (nSPS) is 23.2. The van der Waals surface area contributed by atoms with Gasteiger partial charge < -0.3 is 51.7 Å². The van der Waals surface area contributed by atoms with E-state index in [1.807, 2.05) is 0 Å². The third kappa shape index (κ3) is 7.81. The average Bonchev–Trinajstić information content (AvgIpc) is 3.77. The molecule has 0 radical (unpaired) electrons. The number of aliphatic hydroxyl groups excluding tert-OH is 2. The van der Waals surface area contributed by atoms with E-state index in [9.17, 15) is 38.7 Å². The van der Waals surface area contributed by atoms with Crippen LogP contribution in [0.15, 0.2) is 0 Å². The van der Waals surface area contributed by atoms with E-state index in [1.54, 1.807) is 0 Å². The fourth-order valence-corrected chi connectivity index (χ4v) is 5.88. The molecule has 3 heterocycles. The summed E-state index contributed by atoms with van der Waals surface area (Å²) >= 11 is 0. The molecule has 0 aromatic heterocycles. The number of carbonyl (C=O) groups is 7. The molecule has 0 saturated carbocycles. The Morgan fingerprint density at radius 2 is 1.32 bits per heavy atom. The van der Waals surface area contributed by atoms with Gasteiger partial charge in [0, 0.05) is 19.6 Å². The zero-order valence-corrected chi connectivity index (χ0v) is 25.0. The molecule has 5 atom stereocenters. The maximum atomic E-state index is 13.8. The van der Waals surface area contributed by atoms with Crippen molar-refractivity contribution in [2.75, 3.05) is 39.4 Å². The summed E-state index contributed by atoms with van der Waals surface area (Å²) in [5, 5.41) is 34.5. The van der Waals surface area contributed by atoms with Crippen molar-refractivity contribution < 1.29 is 48.9 Å². The van der Waals surface area contributed by atoms with Crippen molar-refractivity contribution in [3.63, 3.8) is 0 Å². The van der Waals surface area contributed by atoms with E-state index in [2.05, 4.69) is 16.0 Å². The number of nitrogens with zero attached hydrogens (tertiary/aromatic N) is 3. The van der Waals surface area contributed by atoms with E-state index in [-0.39, 0.29) is 19.6 Å². The van der Waals surface area contributed by atoms with E-state index in [4.69, 9.17) is 15.9 Å². The molecule has 17 heteroatoms. The molecule has 8 N–H and O–H groups in total. The third-order valence-electron chi connectivity index (χ3n) is 8.20. The van der Waals surface area contributed by atoms with Crippen LogP contribution >= 0.6 is 0 Å². The average molecular weight is 626 g/mol. The summed E-state index contributed by atoms with van der Waals surface area (Å²) in [6.45, 7) is 1.85. The van der Waals surface area contributed by atoms with Gasteiger partial charge in [0.2, 0.25) is 35.4 Å². The van der Waals surface area contributed by atoms with Gasteiger partial charge in [0.05, 0.1) is 19.8 Å². The zero-order valence-electron chi connectivity index (χ0n) is 25.0. The van der Waals surface area contributed by atoms with Crippen LogP contribution in [-0.4, -0.2) is 147 Å². The molecule has 0 aromatic rings. The van der Waals surface area contributed by atoms with Crippen LogP contribution < -0.4 is 21.7 Å². The first-order valence-corrected chi connectivity index (χ1v) is 14.7. The minimum atomic E-state index is -1.51. The second-order valence-corrected chi connectivity index (χ2v) is 11.8. The highest BCUT2D eigenvalue weighted by Gasteiger charge is 2.47. The summed E-state index contributed by atoms with van der Waals surface area (Å²) in [7, 11) is 0. The zero-order chi connectivity index (χ0) is 32.8. The molecule has 3 saturated heterocycles. The number of aliphatic hydroxyl groups is 2. The number of amides is 6. The van der Waals surface area contributed by atoms with Crippen LogP contribution in [0.25, 0.3) is 0 Å². The lowest BCUT2D eigenvalue weighted by atomic mass is 10.0. The number of hydrogen-bond donors (Lipinski definition) is 7. The molecule has 0 aliphatic carbocycles. The largest absolute Gasteiger partial charge is 0.480 e. The molecule has 3 aliphatic rings. The number of carbonyl (C=O) groups excluding carboxylic acids is 6. The monoisotopic (exact) mass is 625 g/mol. The van der Waals surface area contributed by atoms with Gasteiger partial charge in [-0.3, -0.25) is 28.8 Å². The SMILES string of the molecule is CC(C)(NC(=O)CNC(=O)[C@@H](N)CO)C(=O)N1CCC[C@H]1C(=O)N1CCC[C@H]1C(=O)N1CCC[C@H]1C(=O)N[C@@H](CO)C(=O)O. The second-order valence-electron chi connectivity index (χ2n) is 11.8.